The molecule has 2 rings (SSSR count). The zero-order valence-electron chi connectivity index (χ0n) is 11.5. The number of nitrogens with zero attached hydrogens (tertiary/aromatic N) is 4. The van der Waals surface area contributed by atoms with Crippen LogP contribution in [0.4, 0.5) is 0 Å². The number of aliphatic hydroxyl groups excluding tert-OH is 1. The highest BCUT2D eigenvalue weighted by Gasteiger charge is 2.18. The van der Waals surface area contributed by atoms with Gasteiger partial charge in [0, 0.05) is 31.8 Å². The van der Waals surface area contributed by atoms with Gasteiger partial charge in [0.2, 0.25) is 0 Å². The van der Waals surface area contributed by atoms with Crippen molar-refractivity contribution in [1.29, 1.82) is 0 Å². The van der Waals surface area contributed by atoms with Gasteiger partial charge in [0.15, 0.2) is 0 Å². The number of aryl methyl sites for hydroxylation is 3. The molecule has 104 valence electrons. The fourth-order valence-electron chi connectivity index (χ4n) is 2.07. The summed E-state index contributed by atoms with van der Waals surface area (Å²) >= 11 is 6.28. The van der Waals surface area contributed by atoms with E-state index in [1.807, 2.05) is 27.1 Å². The summed E-state index contributed by atoms with van der Waals surface area (Å²) in [4.78, 5) is 0. The number of halogens is 1. The quantitative estimate of drug-likeness (QED) is 0.914. The van der Waals surface area contributed by atoms with E-state index in [0.717, 1.165) is 29.9 Å². The molecule has 0 aliphatic carbocycles. The van der Waals surface area contributed by atoms with Crippen molar-refractivity contribution in [1.82, 2.24) is 19.6 Å². The molecule has 1 atom stereocenters. The van der Waals surface area contributed by atoms with Gasteiger partial charge in [-0.3, -0.25) is 9.36 Å². The van der Waals surface area contributed by atoms with E-state index in [1.54, 1.807) is 15.6 Å². The molecule has 2 aromatic rings. The number of aliphatic hydroxyl groups is 1. The zero-order chi connectivity index (χ0) is 14.0. The van der Waals surface area contributed by atoms with Crippen molar-refractivity contribution in [2.75, 3.05) is 0 Å². The molecule has 0 saturated heterocycles. The van der Waals surface area contributed by atoms with Gasteiger partial charge in [0.1, 0.15) is 0 Å². The first-order valence-electron chi connectivity index (χ1n) is 6.47. The first kappa shape index (κ1) is 14.1. The van der Waals surface area contributed by atoms with Gasteiger partial charge in [0.25, 0.3) is 0 Å². The molecule has 19 heavy (non-hydrogen) atoms. The van der Waals surface area contributed by atoms with Crippen molar-refractivity contribution < 1.29 is 5.11 Å². The molecule has 0 aliphatic rings. The van der Waals surface area contributed by atoms with Crippen molar-refractivity contribution in [3.63, 3.8) is 0 Å². The highest BCUT2D eigenvalue weighted by atomic mass is 35.5. The van der Waals surface area contributed by atoms with Crippen LogP contribution < -0.4 is 0 Å². The second-order valence-electron chi connectivity index (χ2n) is 4.53. The van der Waals surface area contributed by atoms with Crippen LogP contribution >= 0.6 is 11.6 Å². The van der Waals surface area contributed by atoms with E-state index in [1.165, 1.54) is 0 Å². The van der Waals surface area contributed by atoms with E-state index in [0.29, 0.717) is 11.4 Å². The second-order valence-corrected chi connectivity index (χ2v) is 4.91. The van der Waals surface area contributed by atoms with Gasteiger partial charge < -0.3 is 5.11 Å². The zero-order valence-corrected chi connectivity index (χ0v) is 12.2. The molecule has 0 saturated carbocycles. The molecule has 0 fully saturated rings. The van der Waals surface area contributed by atoms with Crippen LogP contribution in [0.25, 0.3) is 0 Å². The number of rotatable bonds is 5. The van der Waals surface area contributed by atoms with Crippen LogP contribution in [-0.2, 0) is 26.4 Å². The molecule has 1 unspecified atom stereocenters. The van der Waals surface area contributed by atoms with Crippen LogP contribution in [0, 0.1) is 0 Å². The minimum Gasteiger partial charge on any atom is -0.388 e. The summed E-state index contributed by atoms with van der Waals surface area (Å²) < 4.78 is 3.54. The Morgan fingerprint density at radius 1 is 1.42 bits per heavy atom. The molecule has 0 aromatic carbocycles. The van der Waals surface area contributed by atoms with Gasteiger partial charge in [-0.1, -0.05) is 18.5 Å². The third-order valence-corrected chi connectivity index (χ3v) is 3.69. The molecule has 0 radical (unpaired) electrons. The van der Waals surface area contributed by atoms with E-state index in [9.17, 15) is 5.11 Å². The molecule has 0 amide bonds. The van der Waals surface area contributed by atoms with E-state index in [-0.39, 0.29) is 0 Å². The van der Waals surface area contributed by atoms with Crippen LogP contribution in [0.1, 0.15) is 36.9 Å². The molecule has 1 N–H and O–H groups in total. The number of hydrogen-bond acceptors (Lipinski definition) is 3. The maximum atomic E-state index is 10.3. The predicted octanol–water partition coefficient (Wildman–Crippen LogP) is 2.13. The summed E-state index contributed by atoms with van der Waals surface area (Å²) in [5, 5.41) is 19.4. The minimum atomic E-state index is -0.613. The topological polar surface area (TPSA) is 55.9 Å². The van der Waals surface area contributed by atoms with Crippen LogP contribution in [-0.4, -0.2) is 24.7 Å². The van der Waals surface area contributed by atoms with Crippen LogP contribution in [0.15, 0.2) is 12.4 Å². The van der Waals surface area contributed by atoms with Crippen molar-refractivity contribution in [3.8, 4) is 0 Å². The third kappa shape index (κ3) is 2.82. The summed E-state index contributed by atoms with van der Waals surface area (Å²) in [5.41, 5.74) is 2.53. The predicted molar refractivity (Wildman–Crippen MR) is 74.2 cm³/mol. The lowest BCUT2D eigenvalue weighted by Crippen LogP contribution is -2.06. The summed E-state index contributed by atoms with van der Waals surface area (Å²) in [6, 6.07) is 0. The summed E-state index contributed by atoms with van der Waals surface area (Å²) in [5.74, 6) is 0. The lowest BCUT2D eigenvalue weighted by atomic mass is 10.1. The molecular formula is C13H19ClN4O. The molecule has 0 aliphatic heterocycles. The maximum absolute atomic E-state index is 10.3. The van der Waals surface area contributed by atoms with Gasteiger partial charge in [-0.15, -0.1) is 0 Å². The third-order valence-electron chi connectivity index (χ3n) is 3.25. The molecule has 2 aromatic heterocycles. The lowest BCUT2D eigenvalue weighted by Gasteiger charge is -2.09. The first-order valence-corrected chi connectivity index (χ1v) is 6.85. The largest absolute Gasteiger partial charge is 0.388 e. The fourth-order valence-corrected chi connectivity index (χ4v) is 2.44. The Hall–Kier alpha value is -1.33. The van der Waals surface area contributed by atoms with E-state index < -0.39 is 6.10 Å². The number of hydrogen-bond donors (Lipinski definition) is 1. The molecule has 2 heterocycles. The van der Waals surface area contributed by atoms with Crippen LogP contribution in [0.3, 0.4) is 0 Å². The monoisotopic (exact) mass is 282 g/mol. The van der Waals surface area contributed by atoms with E-state index in [2.05, 4.69) is 10.2 Å². The standard InChI is InChI=1S/C13H19ClN4O/c1-4-10-13(14)11(17(3)16-10)6-12(19)9-7-15-18(5-2)8-9/h7-8,12,19H,4-6H2,1-3H3. The van der Waals surface area contributed by atoms with Crippen LogP contribution in [0.2, 0.25) is 5.02 Å². The number of aromatic nitrogens is 4. The molecule has 0 bridgehead atoms. The van der Waals surface area contributed by atoms with Gasteiger partial charge in [0.05, 0.1) is 28.7 Å². The SMILES string of the molecule is CCc1nn(C)c(CC(O)c2cnn(CC)c2)c1Cl. The Labute approximate surface area is 117 Å². The van der Waals surface area contributed by atoms with E-state index >= 15 is 0 Å². The average Bonchev–Trinajstić information content (AvgIpc) is 2.98. The van der Waals surface area contributed by atoms with Crippen molar-refractivity contribution in [3.05, 3.63) is 34.4 Å². The highest BCUT2D eigenvalue weighted by molar-refractivity contribution is 6.31. The van der Waals surface area contributed by atoms with E-state index in [4.69, 9.17) is 11.6 Å². The molecular weight excluding hydrogens is 264 g/mol. The van der Waals surface area contributed by atoms with Crippen LogP contribution in [0.5, 0.6) is 0 Å². The highest BCUT2D eigenvalue weighted by Crippen LogP contribution is 2.26. The van der Waals surface area contributed by atoms with Crippen molar-refractivity contribution >= 4 is 11.6 Å². The lowest BCUT2D eigenvalue weighted by molar-refractivity contribution is 0.175. The fraction of sp³-hybridized carbons (Fsp3) is 0.538. The Balaban J connectivity index is 2.18. The summed E-state index contributed by atoms with van der Waals surface area (Å²) in [6.45, 7) is 4.81. The Bertz CT molecular complexity index is 561. The summed E-state index contributed by atoms with van der Waals surface area (Å²) in [6.07, 6.45) is 4.17. The molecule has 6 heteroatoms. The smallest absolute Gasteiger partial charge is 0.0876 e. The van der Waals surface area contributed by atoms with Gasteiger partial charge in [-0.2, -0.15) is 10.2 Å². The second kappa shape index (κ2) is 5.75. The molecule has 5 nitrogen and oxygen atoms in total. The normalized spacial score (nSPS) is 12.9. The Kier molecular flexibility index (Phi) is 4.27. The minimum absolute atomic E-state index is 0.442. The van der Waals surface area contributed by atoms with Gasteiger partial charge in [-0.25, -0.2) is 0 Å². The van der Waals surface area contributed by atoms with Crippen molar-refractivity contribution in [2.24, 2.45) is 7.05 Å². The van der Waals surface area contributed by atoms with Gasteiger partial charge in [-0.05, 0) is 13.3 Å². The Morgan fingerprint density at radius 3 is 2.68 bits per heavy atom. The van der Waals surface area contributed by atoms with Crippen molar-refractivity contribution in [2.45, 2.75) is 39.3 Å². The Morgan fingerprint density at radius 2 is 2.16 bits per heavy atom. The summed E-state index contributed by atoms with van der Waals surface area (Å²) in [7, 11) is 1.85. The van der Waals surface area contributed by atoms with Gasteiger partial charge >= 0.3 is 0 Å². The average molecular weight is 283 g/mol. The first-order chi connectivity index (χ1) is 9.06. The maximum Gasteiger partial charge on any atom is 0.0876 e. The molecule has 0 spiro atoms.